The summed E-state index contributed by atoms with van der Waals surface area (Å²) < 4.78 is 4.68. The Morgan fingerprint density at radius 1 is 1.02 bits per heavy atom. The van der Waals surface area contributed by atoms with E-state index >= 15 is 0 Å². The first kappa shape index (κ1) is 33.5. The Labute approximate surface area is 231 Å². The Morgan fingerprint density at radius 3 is 2.25 bits per heavy atom. The number of carbonyl (C=O) groups is 7. The molecule has 0 fully saturated rings. The Bertz CT molecular complexity index is 1040. The number of nitrogens with two attached hydrogens (primary N) is 2. The molecule has 9 N–H and O–H groups in total. The summed E-state index contributed by atoms with van der Waals surface area (Å²) in [6.07, 6.45) is 5.56. The van der Waals surface area contributed by atoms with E-state index in [4.69, 9.17) is 11.5 Å². The zero-order valence-corrected chi connectivity index (χ0v) is 22.4. The van der Waals surface area contributed by atoms with E-state index in [-0.39, 0.29) is 25.7 Å². The molecule has 0 bridgehead atoms. The quantitative estimate of drug-likeness (QED) is 0.0808. The van der Waals surface area contributed by atoms with Gasteiger partial charge in [-0.05, 0) is 32.6 Å². The fourth-order valence-corrected chi connectivity index (χ4v) is 3.46. The van der Waals surface area contributed by atoms with Gasteiger partial charge in [0, 0.05) is 0 Å². The molecular formula is C25H37N7O8. The van der Waals surface area contributed by atoms with Gasteiger partial charge in [-0.2, -0.15) is 0 Å². The summed E-state index contributed by atoms with van der Waals surface area (Å²) in [6.45, 7) is 8.43. The molecule has 0 radical (unpaired) electrons. The van der Waals surface area contributed by atoms with E-state index in [0.717, 1.165) is 7.11 Å². The lowest BCUT2D eigenvalue weighted by Gasteiger charge is -2.25. The minimum Gasteiger partial charge on any atom is -0.467 e. The van der Waals surface area contributed by atoms with Crippen molar-refractivity contribution >= 4 is 41.4 Å². The standard InChI is InChI=1S/C25H37N7O8/c1-5-9-14(26)21(35)28-13(3)20(34)29-16-11-7-8-12-17(25(39)40-4)31-24(38)18(19(27)33)32-23(37)15(10-6-2)30-22(16)36/h5-8,13-18H,1-2,9-12,26H2,3-4H3,(H2,27,33)(H,28,35)(H,29,34)(H,30,36)(H,31,38)(H,32,37)/b8-7-/t13-,14-,15-,16-,17?,18?/m0/s1. The number of rotatable bonds is 10. The zero-order valence-electron chi connectivity index (χ0n) is 22.4. The van der Waals surface area contributed by atoms with Gasteiger partial charge in [0.15, 0.2) is 6.04 Å². The lowest BCUT2D eigenvalue weighted by molar-refractivity contribution is -0.146. The molecule has 0 aromatic rings. The molecule has 1 aliphatic rings. The van der Waals surface area contributed by atoms with Crippen LogP contribution >= 0.6 is 0 Å². The molecular weight excluding hydrogens is 526 g/mol. The van der Waals surface area contributed by atoms with Crippen LogP contribution in [0, 0.1) is 0 Å². The van der Waals surface area contributed by atoms with Gasteiger partial charge in [-0.15, -0.1) is 13.2 Å². The van der Waals surface area contributed by atoms with Gasteiger partial charge in [0.25, 0.3) is 5.91 Å². The summed E-state index contributed by atoms with van der Waals surface area (Å²) >= 11 is 0. The molecule has 0 saturated carbocycles. The van der Waals surface area contributed by atoms with Crippen molar-refractivity contribution in [1.29, 1.82) is 0 Å². The van der Waals surface area contributed by atoms with Gasteiger partial charge < -0.3 is 42.8 Å². The second-order valence-corrected chi connectivity index (χ2v) is 8.88. The van der Waals surface area contributed by atoms with E-state index in [1.807, 2.05) is 0 Å². The van der Waals surface area contributed by atoms with Crippen molar-refractivity contribution in [2.75, 3.05) is 7.11 Å². The molecule has 0 aromatic heterocycles. The van der Waals surface area contributed by atoms with Crippen LogP contribution in [0.4, 0.5) is 0 Å². The smallest absolute Gasteiger partial charge is 0.328 e. The number of esters is 1. The monoisotopic (exact) mass is 563 g/mol. The van der Waals surface area contributed by atoms with Crippen molar-refractivity contribution in [2.45, 2.75) is 68.9 Å². The van der Waals surface area contributed by atoms with E-state index in [2.05, 4.69) is 44.5 Å². The molecule has 1 rings (SSSR count). The third-order valence-electron chi connectivity index (χ3n) is 5.72. The van der Waals surface area contributed by atoms with Gasteiger partial charge in [0.05, 0.1) is 13.2 Å². The maximum atomic E-state index is 13.1. The molecule has 0 spiro atoms. The topological polar surface area (TPSA) is 241 Å². The second-order valence-electron chi connectivity index (χ2n) is 8.88. The molecule has 15 nitrogen and oxygen atoms in total. The first-order valence-electron chi connectivity index (χ1n) is 12.4. The van der Waals surface area contributed by atoms with E-state index < -0.39 is 77.7 Å². The van der Waals surface area contributed by atoms with Crippen LogP contribution in [0.3, 0.4) is 0 Å². The minimum atomic E-state index is -1.87. The molecule has 1 aliphatic heterocycles. The molecule has 220 valence electrons. The highest BCUT2D eigenvalue weighted by Gasteiger charge is 2.34. The first-order chi connectivity index (χ1) is 18.9. The number of primary amides is 1. The molecule has 2 unspecified atom stereocenters. The van der Waals surface area contributed by atoms with Gasteiger partial charge in [0.2, 0.25) is 29.5 Å². The molecule has 0 saturated heterocycles. The van der Waals surface area contributed by atoms with Gasteiger partial charge >= 0.3 is 5.97 Å². The Hall–Kier alpha value is -4.53. The van der Waals surface area contributed by atoms with E-state index in [1.54, 1.807) is 0 Å². The van der Waals surface area contributed by atoms with Gasteiger partial charge in [-0.25, -0.2) is 4.79 Å². The summed E-state index contributed by atoms with van der Waals surface area (Å²) in [4.78, 5) is 87.8. The van der Waals surface area contributed by atoms with Crippen LogP contribution in [-0.2, 0) is 38.3 Å². The van der Waals surface area contributed by atoms with Crippen LogP contribution in [-0.4, -0.2) is 84.8 Å². The third-order valence-corrected chi connectivity index (χ3v) is 5.72. The number of hydrogen-bond donors (Lipinski definition) is 7. The van der Waals surface area contributed by atoms with Crippen molar-refractivity contribution in [1.82, 2.24) is 26.6 Å². The van der Waals surface area contributed by atoms with Crippen LogP contribution < -0.4 is 38.1 Å². The lowest BCUT2D eigenvalue weighted by atomic mass is 10.1. The number of methoxy groups -OCH3 is 1. The molecule has 0 aliphatic carbocycles. The SMILES string of the molecule is C=CC[C@@H]1NC(=O)[C@@H](NC(=O)[C@H](C)NC(=O)[C@@H](N)CC=C)C/C=C\CC(C(=O)OC)NC(=O)C(C(N)=O)NC1=O. The van der Waals surface area contributed by atoms with Crippen molar-refractivity contribution < 1.29 is 38.3 Å². The number of carbonyl (C=O) groups excluding carboxylic acids is 7. The fraction of sp³-hybridized carbons (Fsp3) is 0.480. The minimum absolute atomic E-state index is 0.0948. The van der Waals surface area contributed by atoms with Gasteiger partial charge in [0.1, 0.15) is 24.2 Å². The third kappa shape index (κ3) is 10.3. The number of hydrogen-bond acceptors (Lipinski definition) is 9. The molecule has 0 aromatic carbocycles. The highest BCUT2D eigenvalue weighted by Crippen LogP contribution is 2.05. The number of amides is 6. The highest BCUT2D eigenvalue weighted by molar-refractivity contribution is 6.08. The molecule has 15 heteroatoms. The Morgan fingerprint density at radius 2 is 1.68 bits per heavy atom. The molecule has 1 heterocycles. The Balaban J connectivity index is 3.28. The first-order valence-corrected chi connectivity index (χ1v) is 12.4. The van der Waals surface area contributed by atoms with Crippen molar-refractivity contribution in [2.24, 2.45) is 11.5 Å². The second kappa shape index (κ2) is 16.4. The van der Waals surface area contributed by atoms with Crippen LogP contribution in [0.1, 0.15) is 32.6 Å². The van der Waals surface area contributed by atoms with E-state index in [9.17, 15) is 33.6 Å². The molecule has 40 heavy (non-hydrogen) atoms. The van der Waals surface area contributed by atoms with Crippen LogP contribution in [0.2, 0.25) is 0 Å². The van der Waals surface area contributed by atoms with Crippen LogP contribution in [0.5, 0.6) is 0 Å². The van der Waals surface area contributed by atoms with Gasteiger partial charge in [-0.1, -0.05) is 24.3 Å². The predicted molar refractivity (Wildman–Crippen MR) is 143 cm³/mol. The highest BCUT2D eigenvalue weighted by atomic mass is 16.5. The normalized spacial score (nSPS) is 24.3. The average Bonchev–Trinajstić information content (AvgIpc) is 2.90. The molecule has 6 atom stereocenters. The van der Waals surface area contributed by atoms with Crippen molar-refractivity contribution in [3.63, 3.8) is 0 Å². The maximum Gasteiger partial charge on any atom is 0.328 e. The van der Waals surface area contributed by atoms with Crippen molar-refractivity contribution in [3.05, 3.63) is 37.5 Å². The van der Waals surface area contributed by atoms with Crippen LogP contribution in [0.15, 0.2) is 37.5 Å². The zero-order chi connectivity index (χ0) is 30.4. The van der Waals surface area contributed by atoms with E-state index in [1.165, 1.54) is 31.2 Å². The molecule has 6 amide bonds. The predicted octanol–water partition coefficient (Wildman–Crippen LogP) is -3.08. The fourth-order valence-electron chi connectivity index (χ4n) is 3.46. The summed E-state index contributed by atoms with van der Waals surface area (Å²) in [5, 5.41) is 11.9. The number of ether oxygens (including phenoxy) is 1. The summed E-state index contributed by atoms with van der Waals surface area (Å²) in [7, 11) is 1.09. The summed E-state index contributed by atoms with van der Waals surface area (Å²) in [5.74, 6) is -6.16. The summed E-state index contributed by atoms with van der Waals surface area (Å²) in [6, 6.07) is -7.66. The Kier molecular flexibility index (Phi) is 13.8. The van der Waals surface area contributed by atoms with Crippen LogP contribution in [0.25, 0.3) is 0 Å². The van der Waals surface area contributed by atoms with Crippen molar-refractivity contribution in [3.8, 4) is 0 Å². The maximum absolute atomic E-state index is 13.1. The lowest BCUT2D eigenvalue weighted by Crippen LogP contribution is -2.61. The summed E-state index contributed by atoms with van der Waals surface area (Å²) in [5.41, 5.74) is 11.0. The largest absolute Gasteiger partial charge is 0.467 e. The van der Waals surface area contributed by atoms with E-state index in [0.29, 0.717) is 0 Å². The number of nitrogens with one attached hydrogen (secondary N) is 5. The average molecular weight is 564 g/mol. The van der Waals surface area contributed by atoms with Gasteiger partial charge in [-0.3, -0.25) is 28.8 Å².